The van der Waals surface area contributed by atoms with Crippen LogP contribution in [0.1, 0.15) is 26.7 Å². The fraction of sp³-hybridized carbons (Fsp3) is 0.529. The Labute approximate surface area is 141 Å². The van der Waals surface area contributed by atoms with Crippen LogP contribution in [0.15, 0.2) is 24.3 Å². The van der Waals surface area contributed by atoms with Crippen molar-refractivity contribution >= 4 is 29.2 Å². The monoisotopic (exact) mass is 338 g/mol. The highest BCUT2D eigenvalue weighted by Crippen LogP contribution is 2.21. The Morgan fingerprint density at radius 3 is 2.70 bits per heavy atom. The van der Waals surface area contributed by atoms with E-state index in [9.17, 15) is 9.59 Å². The summed E-state index contributed by atoms with van der Waals surface area (Å²) in [6.07, 6.45) is 1.46. The molecule has 1 N–H and O–H groups in total. The molecule has 0 unspecified atom stereocenters. The van der Waals surface area contributed by atoms with Gasteiger partial charge in [-0.2, -0.15) is 0 Å². The van der Waals surface area contributed by atoms with Crippen LogP contribution in [0.25, 0.3) is 0 Å². The molecular weight excluding hydrogens is 316 g/mol. The van der Waals surface area contributed by atoms with Crippen molar-refractivity contribution in [1.82, 2.24) is 4.90 Å². The number of piperidine rings is 1. The van der Waals surface area contributed by atoms with Gasteiger partial charge in [0.15, 0.2) is 0 Å². The minimum absolute atomic E-state index is 0.0469. The summed E-state index contributed by atoms with van der Waals surface area (Å²) < 4.78 is 5.07. The van der Waals surface area contributed by atoms with Crippen molar-refractivity contribution in [3.8, 4) is 0 Å². The minimum Gasteiger partial charge on any atom is -0.466 e. The van der Waals surface area contributed by atoms with Crippen molar-refractivity contribution < 1.29 is 14.3 Å². The third-order valence-electron chi connectivity index (χ3n) is 4.17. The molecule has 1 atom stereocenters. The van der Waals surface area contributed by atoms with Gasteiger partial charge in [-0.3, -0.25) is 14.5 Å². The molecule has 1 aliphatic rings. The summed E-state index contributed by atoms with van der Waals surface area (Å²) in [6, 6.07) is 6.84. The zero-order valence-corrected chi connectivity index (χ0v) is 14.3. The number of anilines is 1. The largest absolute Gasteiger partial charge is 0.466 e. The lowest BCUT2D eigenvalue weighted by molar-refractivity contribution is -0.149. The first kappa shape index (κ1) is 17.8. The van der Waals surface area contributed by atoms with E-state index in [4.69, 9.17) is 16.3 Å². The Bertz CT molecular complexity index is 557. The molecule has 1 heterocycles. The number of hydrogen-bond donors (Lipinski definition) is 1. The lowest BCUT2D eigenvalue weighted by Gasteiger charge is -2.34. The third-order valence-corrected chi connectivity index (χ3v) is 4.40. The average Bonchev–Trinajstić information content (AvgIpc) is 2.54. The highest BCUT2D eigenvalue weighted by atomic mass is 35.5. The highest BCUT2D eigenvalue weighted by molar-refractivity contribution is 6.30. The first-order valence-electron chi connectivity index (χ1n) is 7.98. The molecule has 0 bridgehead atoms. The molecule has 126 valence electrons. The maximum Gasteiger partial charge on any atom is 0.309 e. The second-order valence-electron chi connectivity index (χ2n) is 5.74. The van der Waals surface area contributed by atoms with E-state index in [2.05, 4.69) is 10.2 Å². The molecule has 1 fully saturated rings. The van der Waals surface area contributed by atoms with Crippen molar-refractivity contribution in [3.63, 3.8) is 0 Å². The van der Waals surface area contributed by atoms with Crippen LogP contribution in [-0.2, 0) is 14.3 Å². The number of amides is 1. The lowest BCUT2D eigenvalue weighted by Crippen LogP contribution is -2.47. The van der Waals surface area contributed by atoms with Gasteiger partial charge >= 0.3 is 5.97 Å². The fourth-order valence-electron chi connectivity index (χ4n) is 2.76. The van der Waals surface area contributed by atoms with Crippen LogP contribution >= 0.6 is 11.6 Å². The predicted molar refractivity (Wildman–Crippen MR) is 90.5 cm³/mol. The number of rotatable bonds is 5. The van der Waals surface area contributed by atoms with Crippen LogP contribution in [0.5, 0.6) is 0 Å². The molecule has 0 spiro atoms. The van der Waals surface area contributed by atoms with Crippen molar-refractivity contribution in [1.29, 1.82) is 0 Å². The maximum absolute atomic E-state index is 12.4. The zero-order chi connectivity index (χ0) is 16.8. The number of likely N-dealkylation sites (tertiary alicyclic amines) is 1. The summed E-state index contributed by atoms with van der Waals surface area (Å²) in [6.45, 7) is 5.54. The number of carbonyl (C=O) groups excluding carboxylic acids is 2. The van der Waals surface area contributed by atoms with E-state index in [-0.39, 0.29) is 23.8 Å². The summed E-state index contributed by atoms with van der Waals surface area (Å²) >= 11 is 5.92. The first-order valence-corrected chi connectivity index (χ1v) is 8.36. The zero-order valence-electron chi connectivity index (χ0n) is 13.5. The quantitative estimate of drug-likeness (QED) is 0.839. The SMILES string of the molecule is CCOC(=O)C1CCN([C@@H](C)C(=O)Nc2cccc(Cl)c2)CC1. The van der Waals surface area contributed by atoms with Gasteiger partial charge in [0.1, 0.15) is 0 Å². The smallest absolute Gasteiger partial charge is 0.309 e. The van der Waals surface area contributed by atoms with E-state index < -0.39 is 0 Å². The molecule has 6 heteroatoms. The molecule has 5 nitrogen and oxygen atoms in total. The number of esters is 1. The summed E-state index contributed by atoms with van der Waals surface area (Å²) in [5, 5.41) is 3.47. The highest BCUT2D eigenvalue weighted by Gasteiger charge is 2.30. The molecule has 23 heavy (non-hydrogen) atoms. The topological polar surface area (TPSA) is 58.6 Å². The number of halogens is 1. The predicted octanol–water partition coefficient (Wildman–Crippen LogP) is 2.94. The van der Waals surface area contributed by atoms with Crippen LogP contribution < -0.4 is 5.32 Å². The minimum atomic E-state index is -0.253. The summed E-state index contributed by atoms with van der Waals surface area (Å²) in [5.74, 6) is -0.237. The Balaban J connectivity index is 1.85. The lowest BCUT2D eigenvalue weighted by atomic mass is 9.96. The summed E-state index contributed by atoms with van der Waals surface area (Å²) in [5.41, 5.74) is 0.691. The molecule has 2 rings (SSSR count). The second kappa shape index (κ2) is 8.31. The van der Waals surface area contributed by atoms with Gasteiger partial charge in [0.25, 0.3) is 0 Å². The van der Waals surface area contributed by atoms with E-state index in [1.54, 1.807) is 18.2 Å². The summed E-state index contributed by atoms with van der Waals surface area (Å²) in [4.78, 5) is 26.2. The van der Waals surface area contributed by atoms with Crippen LogP contribution in [0.4, 0.5) is 5.69 Å². The number of carbonyl (C=O) groups is 2. The normalized spacial score (nSPS) is 17.5. The molecule has 0 aromatic heterocycles. The van der Waals surface area contributed by atoms with E-state index in [1.807, 2.05) is 19.9 Å². The fourth-order valence-corrected chi connectivity index (χ4v) is 2.95. The Hall–Kier alpha value is -1.59. The molecule has 0 aliphatic carbocycles. The van der Waals surface area contributed by atoms with Gasteiger partial charge in [0.05, 0.1) is 18.6 Å². The van der Waals surface area contributed by atoms with Gasteiger partial charge in [0.2, 0.25) is 5.91 Å². The van der Waals surface area contributed by atoms with Crippen LogP contribution in [0, 0.1) is 5.92 Å². The van der Waals surface area contributed by atoms with Crippen molar-refractivity contribution in [2.24, 2.45) is 5.92 Å². The van der Waals surface area contributed by atoms with Crippen molar-refractivity contribution in [3.05, 3.63) is 29.3 Å². The van der Waals surface area contributed by atoms with Gasteiger partial charge < -0.3 is 10.1 Å². The van der Waals surface area contributed by atoms with E-state index in [0.29, 0.717) is 30.4 Å². The van der Waals surface area contributed by atoms with Crippen LogP contribution in [0.2, 0.25) is 5.02 Å². The first-order chi connectivity index (χ1) is 11.0. The number of nitrogens with zero attached hydrogens (tertiary/aromatic N) is 1. The second-order valence-corrected chi connectivity index (χ2v) is 6.17. The molecule has 1 saturated heterocycles. The van der Waals surface area contributed by atoms with Gasteiger partial charge in [-0.1, -0.05) is 17.7 Å². The molecule has 1 aromatic carbocycles. The van der Waals surface area contributed by atoms with Crippen molar-refractivity contribution in [2.45, 2.75) is 32.7 Å². The van der Waals surface area contributed by atoms with Crippen LogP contribution in [0.3, 0.4) is 0 Å². The third kappa shape index (κ3) is 4.94. The number of benzene rings is 1. The number of hydrogen-bond acceptors (Lipinski definition) is 4. The average molecular weight is 339 g/mol. The van der Waals surface area contributed by atoms with Gasteiger partial charge in [-0.05, 0) is 58.0 Å². The number of nitrogens with one attached hydrogen (secondary N) is 1. The molecular formula is C17H23ClN2O3. The van der Waals surface area contributed by atoms with Gasteiger partial charge in [-0.15, -0.1) is 0 Å². The molecule has 1 aliphatic heterocycles. The summed E-state index contributed by atoms with van der Waals surface area (Å²) in [7, 11) is 0. The maximum atomic E-state index is 12.4. The standard InChI is InChI=1S/C17H23ClN2O3/c1-3-23-17(22)13-7-9-20(10-8-13)12(2)16(21)19-15-6-4-5-14(18)11-15/h4-6,11-13H,3,7-10H2,1-2H3,(H,19,21)/t12-/m0/s1. The van der Waals surface area contributed by atoms with Gasteiger partial charge in [-0.25, -0.2) is 0 Å². The number of ether oxygens (including phenoxy) is 1. The van der Waals surface area contributed by atoms with Crippen LogP contribution in [-0.4, -0.2) is 42.5 Å². The van der Waals surface area contributed by atoms with Gasteiger partial charge in [0, 0.05) is 10.7 Å². The molecule has 0 saturated carbocycles. The molecule has 1 aromatic rings. The Morgan fingerprint density at radius 2 is 2.09 bits per heavy atom. The van der Waals surface area contributed by atoms with Crippen molar-refractivity contribution in [2.75, 3.05) is 25.0 Å². The Morgan fingerprint density at radius 1 is 1.39 bits per heavy atom. The molecule has 0 radical (unpaired) electrons. The molecule has 1 amide bonds. The Kier molecular flexibility index (Phi) is 6.42. The van der Waals surface area contributed by atoms with E-state index >= 15 is 0 Å². The van der Waals surface area contributed by atoms with E-state index in [1.165, 1.54) is 0 Å². The van der Waals surface area contributed by atoms with E-state index in [0.717, 1.165) is 12.8 Å².